The van der Waals surface area contributed by atoms with Crippen molar-refractivity contribution in [3.8, 4) is 0 Å². The maximum atomic E-state index is 6.03. The predicted molar refractivity (Wildman–Crippen MR) is 62.2 cm³/mol. The Labute approximate surface area is 90.2 Å². The van der Waals surface area contributed by atoms with E-state index in [1.165, 1.54) is 0 Å². The number of benzene rings is 1. The number of nitrogen functional groups attached to an aromatic ring is 1. The molecule has 0 spiro atoms. The summed E-state index contributed by atoms with van der Waals surface area (Å²) in [6.45, 7) is 4.28. The Morgan fingerprint density at radius 3 is 2.57 bits per heavy atom. The zero-order chi connectivity index (χ0) is 10.7. The minimum absolute atomic E-state index is 0.0197. The molecular formula is C11H17ClN2. The van der Waals surface area contributed by atoms with Crippen LogP contribution in [0.2, 0.25) is 5.02 Å². The molecule has 3 heteroatoms. The summed E-state index contributed by atoms with van der Waals surface area (Å²) in [5.41, 5.74) is 13.5. The molecule has 0 aliphatic rings. The molecule has 2 nitrogen and oxygen atoms in total. The lowest BCUT2D eigenvalue weighted by Crippen LogP contribution is -2.14. The van der Waals surface area contributed by atoms with E-state index in [9.17, 15) is 0 Å². The summed E-state index contributed by atoms with van der Waals surface area (Å²) >= 11 is 5.89. The van der Waals surface area contributed by atoms with Crippen molar-refractivity contribution in [3.05, 3.63) is 28.8 Å². The second-order valence-corrected chi connectivity index (χ2v) is 4.45. The van der Waals surface area contributed by atoms with Crippen LogP contribution in [0.1, 0.15) is 31.9 Å². The number of nitrogens with two attached hydrogens (primary N) is 2. The molecule has 0 fully saturated rings. The maximum Gasteiger partial charge on any atom is 0.0410 e. The van der Waals surface area contributed by atoms with Crippen LogP contribution in [0.5, 0.6) is 0 Å². The van der Waals surface area contributed by atoms with E-state index in [1.54, 1.807) is 12.1 Å². The molecule has 1 unspecified atom stereocenters. The van der Waals surface area contributed by atoms with Crippen LogP contribution in [0.4, 0.5) is 5.69 Å². The smallest absolute Gasteiger partial charge is 0.0410 e. The lowest BCUT2D eigenvalue weighted by molar-refractivity contribution is 0.511. The van der Waals surface area contributed by atoms with Gasteiger partial charge < -0.3 is 11.5 Å². The minimum Gasteiger partial charge on any atom is -0.398 e. The van der Waals surface area contributed by atoms with E-state index in [2.05, 4.69) is 13.8 Å². The van der Waals surface area contributed by atoms with Crippen LogP contribution < -0.4 is 11.5 Å². The van der Waals surface area contributed by atoms with Gasteiger partial charge in [0.1, 0.15) is 0 Å². The van der Waals surface area contributed by atoms with Crippen molar-refractivity contribution < 1.29 is 0 Å². The van der Waals surface area contributed by atoms with Crippen molar-refractivity contribution in [3.63, 3.8) is 0 Å². The fraction of sp³-hybridized carbons (Fsp3) is 0.455. The lowest BCUT2D eigenvalue weighted by Gasteiger charge is -2.16. The minimum atomic E-state index is -0.0197. The Morgan fingerprint density at radius 1 is 1.36 bits per heavy atom. The first-order valence-corrected chi connectivity index (χ1v) is 5.19. The van der Waals surface area contributed by atoms with Gasteiger partial charge in [-0.05, 0) is 36.1 Å². The van der Waals surface area contributed by atoms with Crippen LogP contribution in [0.3, 0.4) is 0 Å². The van der Waals surface area contributed by atoms with E-state index in [4.69, 9.17) is 23.1 Å². The molecule has 1 rings (SSSR count). The second-order valence-electron chi connectivity index (χ2n) is 4.01. The van der Waals surface area contributed by atoms with Crippen molar-refractivity contribution >= 4 is 17.3 Å². The molecule has 0 amide bonds. The molecule has 0 aliphatic heterocycles. The SMILES string of the molecule is CC(C)CC(N)c1cc(Cl)ccc1N. The first-order chi connectivity index (χ1) is 6.50. The standard InChI is InChI=1S/C11H17ClN2/c1-7(2)5-11(14)9-6-8(12)3-4-10(9)13/h3-4,6-7,11H,5,13-14H2,1-2H3. The van der Waals surface area contributed by atoms with Crippen LogP contribution in [0, 0.1) is 5.92 Å². The number of hydrogen-bond donors (Lipinski definition) is 2. The van der Waals surface area contributed by atoms with Gasteiger partial charge >= 0.3 is 0 Å². The van der Waals surface area contributed by atoms with Crippen molar-refractivity contribution in [2.45, 2.75) is 26.3 Å². The zero-order valence-corrected chi connectivity index (χ0v) is 9.38. The Kier molecular flexibility index (Phi) is 3.78. The molecule has 14 heavy (non-hydrogen) atoms. The van der Waals surface area contributed by atoms with Crippen LogP contribution in [0.25, 0.3) is 0 Å². The molecule has 1 atom stereocenters. The average molecular weight is 213 g/mol. The summed E-state index contributed by atoms with van der Waals surface area (Å²) in [7, 11) is 0. The highest BCUT2D eigenvalue weighted by Crippen LogP contribution is 2.26. The Morgan fingerprint density at radius 2 is 2.00 bits per heavy atom. The number of hydrogen-bond acceptors (Lipinski definition) is 2. The van der Waals surface area contributed by atoms with Crippen molar-refractivity contribution in [2.75, 3.05) is 5.73 Å². The fourth-order valence-corrected chi connectivity index (χ4v) is 1.68. The van der Waals surface area contributed by atoms with E-state index in [0.29, 0.717) is 10.9 Å². The van der Waals surface area contributed by atoms with Gasteiger partial charge in [0, 0.05) is 16.8 Å². The maximum absolute atomic E-state index is 6.03. The first-order valence-electron chi connectivity index (χ1n) is 4.81. The molecule has 0 aliphatic carbocycles. The highest BCUT2D eigenvalue weighted by Gasteiger charge is 2.11. The molecule has 0 radical (unpaired) electrons. The predicted octanol–water partition coefficient (Wildman–Crippen LogP) is 2.97. The molecule has 0 saturated carbocycles. The Bertz CT molecular complexity index is 310. The molecule has 1 aromatic carbocycles. The van der Waals surface area contributed by atoms with Crippen LogP contribution in [0.15, 0.2) is 18.2 Å². The summed E-state index contributed by atoms with van der Waals surface area (Å²) in [5.74, 6) is 0.559. The second kappa shape index (κ2) is 4.67. The highest BCUT2D eigenvalue weighted by molar-refractivity contribution is 6.30. The van der Waals surface area contributed by atoms with Gasteiger partial charge in [0.05, 0.1) is 0 Å². The number of rotatable bonds is 3. The summed E-state index contributed by atoms with van der Waals surface area (Å²) in [5, 5.41) is 0.688. The van der Waals surface area contributed by atoms with Gasteiger partial charge in [-0.1, -0.05) is 25.4 Å². The van der Waals surface area contributed by atoms with Crippen molar-refractivity contribution in [1.29, 1.82) is 0 Å². The molecule has 0 aromatic heterocycles. The van der Waals surface area contributed by atoms with E-state index in [-0.39, 0.29) is 6.04 Å². The molecule has 78 valence electrons. The third-order valence-corrected chi connectivity index (χ3v) is 2.41. The number of halogens is 1. The van der Waals surface area contributed by atoms with E-state index < -0.39 is 0 Å². The normalized spacial score (nSPS) is 13.2. The molecule has 4 N–H and O–H groups in total. The van der Waals surface area contributed by atoms with Gasteiger partial charge in [0.2, 0.25) is 0 Å². The van der Waals surface area contributed by atoms with Crippen LogP contribution in [-0.2, 0) is 0 Å². The van der Waals surface area contributed by atoms with Gasteiger partial charge in [-0.2, -0.15) is 0 Å². The quantitative estimate of drug-likeness (QED) is 0.757. The lowest BCUT2D eigenvalue weighted by atomic mass is 9.97. The van der Waals surface area contributed by atoms with Gasteiger partial charge in [0.15, 0.2) is 0 Å². The van der Waals surface area contributed by atoms with Gasteiger partial charge in [-0.25, -0.2) is 0 Å². The largest absolute Gasteiger partial charge is 0.398 e. The number of anilines is 1. The molecule has 1 aromatic rings. The van der Waals surface area contributed by atoms with E-state index in [1.807, 2.05) is 6.07 Å². The van der Waals surface area contributed by atoms with Crippen molar-refractivity contribution in [2.24, 2.45) is 11.7 Å². The summed E-state index contributed by atoms with van der Waals surface area (Å²) in [4.78, 5) is 0. The molecule has 0 heterocycles. The Hall–Kier alpha value is -0.730. The Balaban J connectivity index is 2.88. The fourth-order valence-electron chi connectivity index (χ4n) is 1.50. The van der Waals surface area contributed by atoms with Crippen LogP contribution >= 0.6 is 11.6 Å². The van der Waals surface area contributed by atoms with E-state index >= 15 is 0 Å². The van der Waals surface area contributed by atoms with Gasteiger partial charge in [-0.3, -0.25) is 0 Å². The molecule has 0 bridgehead atoms. The zero-order valence-electron chi connectivity index (χ0n) is 8.63. The van der Waals surface area contributed by atoms with Crippen LogP contribution in [-0.4, -0.2) is 0 Å². The summed E-state index contributed by atoms with van der Waals surface area (Å²) in [6, 6.07) is 5.42. The van der Waals surface area contributed by atoms with E-state index in [0.717, 1.165) is 17.7 Å². The third kappa shape index (κ3) is 2.89. The highest BCUT2D eigenvalue weighted by atomic mass is 35.5. The molecular weight excluding hydrogens is 196 g/mol. The summed E-state index contributed by atoms with van der Waals surface area (Å²) < 4.78 is 0. The van der Waals surface area contributed by atoms with Gasteiger partial charge in [0.25, 0.3) is 0 Å². The third-order valence-electron chi connectivity index (χ3n) is 2.17. The average Bonchev–Trinajstić information content (AvgIpc) is 2.08. The topological polar surface area (TPSA) is 52.0 Å². The summed E-state index contributed by atoms with van der Waals surface area (Å²) in [6.07, 6.45) is 0.921. The van der Waals surface area contributed by atoms with Gasteiger partial charge in [-0.15, -0.1) is 0 Å². The van der Waals surface area contributed by atoms with Crippen molar-refractivity contribution in [1.82, 2.24) is 0 Å². The molecule has 0 saturated heterocycles. The first kappa shape index (κ1) is 11.3. The monoisotopic (exact) mass is 212 g/mol.